The number of carboxylic acids is 1. The van der Waals surface area contributed by atoms with Crippen LogP contribution in [0.25, 0.3) is 0 Å². The molecule has 14 heteroatoms. The molecule has 2 aliphatic carbocycles. The van der Waals surface area contributed by atoms with Gasteiger partial charge in [0.05, 0.1) is 19.4 Å². The van der Waals surface area contributed by atoms with E-state index in [1.54, 1.807) is 17.0 Å². The fourth-order valence-corrected chi connectivity index (χ4v) is 7.97. The van der Waals surface area contributed by atoms with E-state index in [1.165, 1.54) is 0 Å². The number of halogens is 5. The molecule has 0 atom stereocenters. The monoisotopic (exact) mass is 768 g/mol. The number of nitro groups is 1. The average molecular weight is 770 g/mol. The van der Waals surface area contributed by atoms with Crippen LogP contribution in [0, 0.1) is 20.9 Å². The van der Waals surface area contributed by atoms with Gasteiger partial charge in [-0.1, -0.05) is 27.7 Å². The van der Waals surface area contributed by atoms with Gasteiger partial charge in [-0.25, -0.2) is 0 Å². The molecule has 0 bridgehead atoms. The van der Waals surface area contributed by atoms with E-state index in [2.05, 4.69) is 31.9 Å². The Morgan fingerprint density at radius 3 is 1.91 bits per heavy atom. The van der Waals surface area contributed by atoms with Gasteiger partial charge >= 0.3 is 17.8 Å². The third-order valence-corrected chi connectivity index (χ3v) is 9.54. The lowest BCUT2D eigenvalue weighted by Gasteiger charge is -2.48. The number of alkyl halides is 3. The first-order valence-electron chi connectivity index (χ1n) is 14.2. The van der Waals surface area contributed by atoms with E-state index in [4.69, 9.17) is 4.74 Å². The lowest BCUT2D eigenvalue weighted by Crippen LogP contribution is -2.45. The molecular weight excluding hydrogens is 741 g/mol. The van der Waals surface area contributed by atoms with E-state index in [0.29, 0.717) is 53.1 Å². The number of hydrogen-bond donors (Lipinski definition) is 1. The fourth-order valence-electron chi connectivity index (χ4n) is 6.58. The number of ether oxygens (including phenoxy) is 1. The average Bonchev–Trinajstić information content (AvgIpc) is 2.89. The zero-order valence-corrected chi connectivity index (χ0v) is 28.4. The lowest BCUT2D eigenvalue weighted by molar-refractivity contribution is -0.385. The van der Waals surface area contributed by atoms with Crippen LogP contribution >= 0.6 is 31.9 Å². The van der Waals surface area contributed by atoms with Crippen molar-refractivity contribution >= 4 is 55.1 Å². The van der Waals surface area contributed by atoms with Crippen molar-refractivity contribution in [3.63, 3.8) is 0 Å². The largest absolute Gasteiger partial charge is 0.480 e. The number of aliphatic carboxylic acids is 1. The van der Waals surface area contributed by atoms with Gasteiger partial charge in [-0.3, -0.25) is 24.5 Å². The van der Waals surface area contributed by atoms with Crippen molar-refractivity contribution in [3.05, 3.63) is 83.1 Å². The van der Waals surface area contributed by atoms with Gasteiger partial charge in [-0.15, -0.1) is 0 Å². The highest BCUT2D eigenvalue weighted by atomic mass is 79.9. The highest BCUT2D eigenvalue weighted by molar-refractivity contribution is 9.11. The van der Waals surface area contributed by atoms with E-state index < -0.39 is 57.4 Å². The summed E-state index contributed by atoms with van der Waals surface area (Å²) >= 11 is 6.84. The van der Waals surface area contributed by atoms with Crippen LogP contribution in [0.2, 0.25) is 0 Å². The summed E-state index contributed by atoms with van der Waals surface area (Å²) in [7, 11) is 0. The van der Waals surface area contributed by atoms with Crippen molar-refractivity contribution in [2.24, 2.45) is 10.8 Å². The predicted octanol–water partition coefficient (Wildman–Crippen LogP) is 8.70. The van der Waals surface area contributed by atoms with Gasteiger partial charge in [0.15, 0.2) is 17.3 Å². The number of allylic oxidation sites excluding steroid dienone is 4. The van der Waals surface area contributed by atoms with Crippen LogP contribution in [-0.2, 0) is 20.6 Å². The Morgan fingerprint density at radius 2 is 1.48 bits per heavy atom. The SMILES string of the molecule is CC1(C)CC(=O)C2=C(C1)N(CC(=O)O)C1=C(C(=O)CC(C)(C)C1)C2c1cc(Br)c(Oc2ccc(C(F)(F)F)cc2[N+](=O)[O-])c(Br)c1. The minimum atomic E-state index is -4.80. The van der Waals surface area contributed by atoms with Crippen LogP contribution in [0.4, 0.5) is 18.9 Å². The predicted molar refractivity (Wildman–Crippen MR) is 167 cm³/mol. The highest BCUT2D eigenvalue weighted by Crippen LogP contribution is 2.55. The number of carbonyl (C=O) groups is 3. The van der Waals surface area contributed by atoms with Crippen LogP contribution < -0.4 is 4.74 Å². The quantitative estimate of drug-likeness (QED) is 0.229. The van der Waals surface area contributed by atoms with Gasteiger partial charge in [-0.2, -0.15) is 13.2 Å². The minimum Gasteiger partial charge on any atom is -0.480 e. The van der Waals surface area contributed by atoms with Crippen LogP contribution in [0.5, 0.6) is 11.5 Å². The first-order chi connectivity index (χ1) is 21.2. The summed E-state index contributed by atoms with van der Waals surface area (Å²) in [5.74, 6) is -2.76. The molecule has 0 radical (unpaired) electrons. The molecule has 0 amide bonds. The molecule has 46 heavy (non-hydrogen) atoms. The molecule has 2 aromatic rings. The van der Waals surface area contributed by atoms with Crippen LogP contribution in [-0.4, -0.2) is 39.0 Å². The van der Waals surface area contributed by atoms with E-state index in [1.807, 2.05) is 27.7 Å². The second-order valence-corrected chi connectivity index (χ2v) is 15.1. The molecule has 244 valence electrons. The molecule has 2 aromatic carbocycles. The molecular formula is C32H29Br2F3N2O7. The number of hydrogen-bond acceptors (Lipinski definition) is 7. The molecule has 5 rings (SSSR count). The molecule has 1 aliphatic heterocycles. The van der Waals surface area contributed by atoms with Gasteiger partial charge in [-0.05, 0) is 85.4 Å². The molecule has 0 fully saturated rings. The topological polar surface area (TPSA) is 127 Å². The fraction of sp³-hybridized carbons (Fsp3) is 0.406. The number of nitrogens with zero attached hydrogens (tertiary/aromatic N) is 2. The summed E-state index contributed by atoms with van der Waals surface area (Å²) in [4.78, 5) is 52.2. The molecule has 1 heterocycles. The van der Waals surface area contributed by atoms with Crippen molar-refractivity contribution in [3.8, 4) is 11.5 Å². The molecule has 0 spiro atoms. The van der Waals surface area contributed by atoms with Gasteiger partial charge in [0.2, 0.25) is 5.75 Å². The Balaban J connectivity index is 1.67. The zero-order valence-electron chi connectivity index (χ0n) is 25.2. The highest BCUT2D eigenvalue weighted by Gasteiger charge is 2.49. The third kappa shape index (κ3) is 6.38. The van der Waals surface area contributed by atoms with Crippen molar-refractivity contribution in [1.29, 1.82) is 0 Å². The summed E-state index contributed by atoms with van der Waals surface area (Å²) < 4.78 is 46.0. The van der Waals surface area contributed by atoms with Crippen molar-refractivity contribution in [2.45, 2.75) is 65.5 Å². The molecule has 0 unspecified atom stereocenters. The molecule has 0 saturated heterocycles. The second kappa shape index (κ2) is 11.6. The van der Waals surface area contributed by atoms with Crippen molar-refractivity contribution in [1.82, 2.24) is 4.90 Å². The maximum atomic E-state index is 13.9. The Morgan fingerprint density at radius 1 is 0.978 bits per heavy atom. The molecule has 0 saturated carbocycles. The smallest absolute Gasteiger partial charge is 0.416 e. The summed E-state index contributed by atoms with van der Waals surface area (Å²) in [6.45, 7) is 7.32. The van der Waals surface area contributed by atoms with Gasteiger partial charge < -0.3 is 14.7 Å². The first kappa shape index (κ1) is 33.8. The molecule has 1 N–H and O–H groups in total. The number of ketones is 2. The normalized spacial score (nSPS) is 19.6. The zero-order chi connectivity index (χ0) is 34.1. The number of rotatable bonds is 6. The number of benzene rings is 2. The Labute approximate surface area is 278 Å². The summed E-state index contributed by atoms with van der Waals surface area (Å²) in [5.41, 5.74) is -0.698. The van der Waals surface area contributed by atoms with Crippen LogP contribution in [0.15, 0.2) is 61.8 Å². The number of nitro benzene ring substituents is 1. The van der Waals surface area contributed by atoms with E-state index in [-0.39, 0.29) is 39.1 Å². The molecule has 3 aliphatic rings. The minimum absolute atomic E-state index is 0.0190. The Bertz CT molecular complexity index is 1700. The standard InChI is InChI=1S/C32H29Br2F3N2O7/c1-30(2)10-20-27(22(40)12-30)26(28-21(38(20)14-25(42)43)11-31(3,4)13-23(28)41)15-7-17(33)29(18(34)8-15)46-24-6-5-16(32(35,36)37)9-19(24)39(44)45/h5-9,26H,10-14H2,1-4H3,(H,42,43). The summed E-state index contributed by atoms with van der Waals surface area (Å²) in [6.07, 6.45) is -3.61. The third-order valence-electron chi connectivity index (χ3n) is 8.36. The molecule has 0 aromatic heterocycles. The Hall–Kier alpha value is -3.52. The molecule has 9 nitrogen and oxygen atoms in total. The lowest BCUT2D eigenvalue weighted by atomic mass is 9.63. The van der Waals surface area contributed by atoms with Gasteiger partial charge in [0.25, 0.3) is 0 Å². The summed E-state index contributed by atoms with van der Waals surface area (Å²) in [5, 5.41) is 21.5. The Kier molecular flexibility index (Phi) is 8.55. The number of Topliss-reactive ketones (excluding diaryl/α,β-unsaturated/α-hetero) is 2. The van der Waals surface area contributed by atoms with Gasteiger partial charge in [0.1, 0.15) is 6.54 Å². The van der Waals surface area contributed by atoms with E-state index >= 15 is 0 Å². The first-order valence-corrected chi connectivity index (χ1v) is 15.8. The second-order valence-electron chi connectivity index (χ2n) is 13.4. The summed E-state index contributed by atoms with van der Waals surface area (Å²) in [6, 6.07) is 5.14. The van der Waals surface area contributed by atoms with Crippen LogP contribution in [0.3, 0.4) is 0 Å². The number of carboxylic acid groups (broad SMARTS) is 1. The van der Waals surface area contributed by atoms with Crippen molar-refractivity contribution < 1.29 is 42.3 Å². The van der Waals surface area contributed by atoms with Crippen LogP contribution in [0.1, 0.15) is 70.4 Å². The van der Waals surface area contributed by atoms with E-state index in [9.17, 15) is 42.8 Å². The van der Waals surface area contributed by atoms with Crippen molar-refractivity contribution in [2.75, 3.05) is 6.54 Å². The van der Waals surface area contributed by atoms with E-state index in [0.717, 1.165) is 6.07 Å². The maximum absolute atomic E-state index is 13.9. The van der Waals surface area contributed by atoms with Gasteiger partial charge in [0, 0.05) is 47.4 Å². The maximum Gasteiger partial charge on any atom is 0.416 e. The number of carbonyl (C=O) groups excluding carboxylic acids is 2.